The van der Waals surface area contributed by atoms with E-state index in [1.165, 1.54) is 0 Å². The molecule has 2 N–H and O–H groups in total. The molecule has 0 aliphatic rings. The number of rotatable bonds is 0. The summed E-state index contributed by atoms with van der Waals surface area (Å²) in [7, 11) is 0. The van der Waals surface area contributed by atoms with E-state index in [1.54, 1.807) is 0 Å². The van der Waals surface area contributed by atoms with Crippen LogP contribution in [0.2, 0.25) is 0 Å². The molecule has 1 radical (unpaired) electrons. The van der Waals surface area contributed by atoms with Crippen LogP contribution in [0.4, 0.5) is 9.59 Å². The molecule has 0 spiro atoms. The van der Waals surface area contributed by atoms with Gasteiger partial charge < -0.3 is 30.5 Å². The van der Waals surface area contributed by atoms with Gasteiger partial charge in [0.1, 0.15) is 0 Å². The van der Waals surface area contributed by atoms with Crippen molar-refractivity contribution in [2.45, 2.75) is 0 Å². The summed E-state index contributed by atoms with van der Waals surface area (Å²) in [5, 5.41) is 31.4. The molecule has 0 heterocycles. The van der Waals surface area contributed by atoms with Crippen LogP contribution in [0.15, 0.2) is 0 Å². The van der Waals surface area contributed by atoms with E-state index < -0.39 is 12.3 Å². The maximum Gasteiger partial charge on any atom is 2.00 e. The average Bonchev–Trinajstić information content (AvgIpc) is 1.89. The largest absolute Gasteiger partial charge is 2.00 e. The van der Waals surface area contributed by atoms with Gasteiger partial charge in [0, 0.05) is 0 Å². The number of hydrogen-bond donors (Lipinski definition) is 2. The molecule has 11 heavy (non-hydrogen) atoms. The fourth-order valence-corrected chi connectivity index (χ4v) is 0. The minimum Gasteiger partial charge on any atom is -0.659 e. The minimum atomic E-state index is -1.80. The molecular formula is C2H2CoO8. The minimum absolute atomic E-state index is 0. The Labute approximate surface area is 70.0 Å². The van der Waals surface area contributed by atoms with Gasteiger partial charge in [-0.2, -0.15) is 0 Å². The number of hydrogen-bond acceptors (Lipinski definition) is 6. The van der Waals surface area contributed by atoms with Crippen LogP contribution in [0.5, 0.6) is 0 Å². The van der Waals surface area contributed by atoms with Crippen LogP contribution in [-0.4, -0.2) is 22.5 Å². The molecule has 0 bridgehead atoms. The standard InChI is InChI=1S/2CH2O4.Co/c2*2-1(3)5-4;/h2*4H,(H,2,3);/q;;+2/p-2. The zero-order valence-electron chi connectivity index (χ0n) is 4.68. The zero-order chi connectivity index (χ0) is 8.57. The van der Waals surface area contributed by atoms with Crippen LogP contribution in [0, 0.1) is 0 Å². The molecule has 0 saturated carbocycles. The molecule has 0 amide bonds. The fourth-order valence-electron chi connectivity index (χ4n) is 0. The Morgan fingerprint density at radius 1 is 1.00 bits per heavy atom. The Hall–Kier alpha value is -1.03. The van der Waals surface area contributed by atoms with E-state index in [-0.39, 0.29) is 16.8 Å². The Bertz CT molecular complexity index is 96.7. The summed E-state index contributed by atoms with van der Waals surface area (Å²) < 4.78 is 0. The van der Waals surface area contributed by atoms with Crippen molar-refractivity contribution in [2.24, 2.45) is 0 Å². The first kappa shape index (κ1) is 16.5. The van der Waals surface area contributed by atoms with Gasteiger partial charge >= 0.3 is 29.1 Å². The topological polar surface area (TPSA) is 139 Å². The van der Waals surface area contributed by atoms with Crippen molar-refractivity contribution < 1.29 is 56.9 Å². The van der Waals surface area contributed by atoms with Gasteiger partial charge in [0.25, 0.3) is 0 Å². The van der Waals surface area contributed by atoms with Gasteiger partial charge in [-0.3, -0.25) is 0 Å². The van der Waals surface area contributed by atoms with Crippen LogP contribution in [0.25, 0.3) is 0 Å². The third kappa shape index (κ3) is 49.4. The van der Waals surface area contributed by atoms with Crippen molar-refractivity contribution in [3.05, 3.63) is 0 Å². The smallest absolute Gasteiger partial charge is 0.659 e. The maximum absolute atomic E-state index is 8.83. The van der Waals surface area contributed by atoms with Crippen LogP contribution in [-0.2, 0) is 26.6 Å². The van der Waals surface area contributed by atoms with E-state index >= 15 is 0 Å². The molecule has 0 aromatic heterocycles. The van der Waals surface area contributed by atoms with Gasteiger partial charge in [-0.15, -0.1) is 0 Å². The molecule has 0 rings (SSSR count). The Morgan fingerprint density at radius 3 is 1.09 bits per heavy atom. The van der Waals surface area contributed by atoms with Gasteiger partial charge in [0.15, 0.2) is 0 Å². The van der Waals surface area contributed by atoms with Gasteiger partial charge in [-0.05, 0) is 0 Å². The second-order valence-corrected chi connectivity index (χ2v) is 0.698. The fraction of sp³-hybridized carbons (Fsp3) is 0. The van der Waals surface area contributed by atoms with Crippen molar-refractivity contribution in [1.29, 1.82) is 0 Å². The van der Waals surface area contributed by atoms with E-state index in [0.29, 0.717) is 0 Å². The van der Waals surface area contributed by atoms with Crippen molar-refractivity contribution in [2.75, 3.05) is 0 Å². The van der Waals surface area contributed by atoms with Crippen molar-refractivity contribution >= 4 is 12.3 Å². The number of carbonyl (C=O) groups is 2. The van der Waals surface area contributed by atoms with E-state index in [2.05, 4.69) is 9.78 Å². The maximum atomic E-state index is 8.83. The summed E-state index contributed by atoms with van der Waals surface area (Å²) >= 11 is 0. The average molecular weight is 213 g/mol. The van der Waals surface area contributed by atoms with Gasteiger partial charge in [0.2, 0.25) is 0 Å². The summed E-state index contributed by atoms with van der Waals surface area (Å²) in [6.45, 7) is 0. The van der Waals surface area contributed by atoms with Gasteiger partial charge in [-0.1, -0.05) is 0 Å². The predicted octanol–water partition coefficient (Wildman–Crippen LogP) is -2.09. The molecule has 8 nitrogen and oxygen atoms in total. The van der Waals surface area contributed by atoms with Crippen LogP contribution in [0.3, 0.4) is 0 Å². The monoisotopic (exact) mass is 213 g/mol. The normalized spacial score (nSPS) is 6.00. The summed E-state index contributed by atoms with van der Waals surface area (Å²) in [4.78, 5) is 22.5. The van der Waals surface area contributed by atoms with Crippen molar-refractivity contribution in [3.63, 3.8) is 0 Å². The quantitative estimate of drug-likeness (QED) is 0.344. The second kappa shape index (κ2) is 11.7. The summed E-state index contributed by atoms with van der Waals surface area (Å²) in [6.07, 6.45) is -3.60. The molecule has 9 heteroatoms. The van der Waals surface area contributed by atoms with Crippen LogP contribution >= 0.6 is 0 Å². The number of carboxylic acid groups (broad SMARTS) is 2. The molecular weight excluding hydrogens is 211 g/mol. The van der Waals surface area contributed by atoms with Crippen LogP contribution in [0.1, 0.15) is 0 Å². The van der Waals surface area contributed by atoms with E-state index in [1.807, 2.05) is 0 Å². The van der Waals surface area contributed by atoms with Gasteiger partial charge in [0.05, 0.1) is 0 Å². The molecule has 67 valence electrons. The van der Waals surface area contributed by atoms with E-state index in [0.717, 1.165) is 0 Å². The first-order valence-corrected chi connectivity index (χ1v) is 1.60. The molecule has 0 fully saturated rings. The Kier molecular flexibility index (Phi) is 17.6. The molecule has 0 saturated heterocycles. The SMILES string of the molecule is O=C(O)O[O-].O=C(O)O[O-].[Co+2]. The third-order valence-corrected chi connectivity index (χ3v) is 0.143. The Morgan fingerprint density at radius 2 is 1.09 bits per heavy atom. The molecule has 0 atom stereocenters. The predicted molar refractivity (Wildman–Crippen MR) is 18.2 cm³/mol. The van der Waals surface area contributed by atoms with Crippen molar-refractivity contribution in [3.8, 4) is 0 Å². The second-order valence-electron chi connectivity index (χ2n) is 0.698. The van der Waals surface area contributed by atoms with Crippen LogP contribution < -0.4 is 10.5 Å². The molecule has 0 aliphatic heterocycles. The Balaban J connectivity index is -0.000000107. The first-order valence-electron chi connectivity index (χ1n) is 1.60. The van der Waals surface area contributed by atoms with E-state index in [4.69, 9.17) is 30.3 Å². The van der Waals surface area contributed by atoms with Crippen molar-refractivity contribution in [1.82, 2.24) is 0 Å². The zero-order valence-corrected chi connectivity index (χ0v) is 5.72. The third-order valence-electron chi connectivity index (χ3n) is 0.143. The van der Waals surface area contributed by atoms with E-state index in [9.17, 15) is 0 Å². The molecule has 0 aliphatic carbocycles. The molecule has 0 aromatic rings. The summed E-state index contributed by atoms with van der Waals surface area (Å²) in [5.41, 5.74) is 0. The summed E-state index contributed by atoms with van der Waals surface area (Å²) in [6, 6.07) is 0. The first-order chi connectivity index (χ1) is 4.54. The summed E-state index contributed by atoms with van der Waals surface area (Å²) in [5.74, 6) is 0. The van der Waals surface area contributed by atoms with Gasteiger partial charge in [-0.25, -0.2) is 9.59 Å². The molecule has 0 aromatic carbocycles. The molecule has 0 unspecified atom stereocenters.